The van der Waals surface area contributed by atoms with Crippen molar-refractivity contribution >= 4 is 35.1 Å². The number of halogens is 3. The number of rotatable bonds is 8. The van der Waals surface area contributed by atoms with Crippen LogP contribution in [0.4, 0.5) is 4.39 Å². The lowest BCUT2D eigenvalue weighted by Gasteiger charge is -2.47. The lowest BCUT2D eigenvalue weighted by Crippen LogP contribution is -2.57. The number of nitrogens with zero attached hydrogens (tertiary/aromatic N) is 1. The summed E-state index contributed by atoms with van der Waals surface area (Å²) in [7, 11) is 0. The van der Waals surface area contributed by atoms with E-state index in [4.69, 9.17) is 27.9 Å². The Morgan fingerprint density at radius 2 is 1.70 bits per heavy atom. The number of carbonyl (C=O) groups is 2. The molecule has 8 heteroatoms. The van der Waals surface area contributed by atoms with Gasteiger partial charge in [0.25, 0.3) is 5.91 Å². The summed E-state index contributed by atoms with van der Waals surface area (Å²) in [5, 5.41) is 11.3. The Labute approximate surface area is 225 Å². The van der Waals surface area contributed by atoms with Crippen LogP contribution in [0.15, 0.2) is 66.7 Å². The number of hydrogen-bond donors (Lipinski definition) is 1. The standard InChI is InChI=1S/C29H28Cl2FNO4/c1-3-4-24(29(35)36)33-26(19-7-9-20(30)10-8-19)27(23-14-11-21(31)15-17(23)2)37-25(28(33)34)16-18-5-12-22(32)13-6-18/h5-15,24-27H,3-4,16H2,1-2H3,(H,35,36)/t24-,25+,26-,27+/m0/s1. The number of carboxylic acids is 1. The van der Waals surface area contributed by atoms with E-state index >= 15 is 0 Å². The van der Waals surface area contributed by atoms with E-state index in [9.17, 15) is 19.1 Å². The van der Waals surface area contributed by atoms with Gasteiger partial charge in [-0.3, -0.25) is 4.79 Å². The van der Waals surface area contributed by atoms with Crippen molar-refractivity contribution in [3.63, 3.8) is 0 Å². The Kier molecular flexibility index (Phi) is 8.53. The first-order valence-corrected chi connectivity index (χ1v) is 12.9. The second kappa shape index (κ2) is 11.6. The van der Waals surface area contributed by atoms with E-state index in [1.54, 1.807) is 42.5 Å². The Bertz CT molecular complexity index is 1270. The second-order valence-corrected chi connectivity index (χ2v) is 10.1. The molecule has 0 radical (unpaired) electrons. The molecule has 3 aromatic rings. The summed E-state index contributed by atoms with van der Waals surface area (Å²) < 4.78 is 20.0. The third-order valence-corrected chi connectivity index (χ3v) is 7.18. The van der Waals surface area contributed by atoms with Crippen LogP contribution >= 0.6 is 23.2 Å². The molecule has 0 aromatic heterocycles. The number of aliphatic carboxylic acids is 1. The number of aryl methyl sites for hydroxylation is 1. The molecule has 5 nitrogen and oxygen atoms in total. The second-order valence-electron chi connectivity index (χ2n) is 9.26. The molecule has 194 valence electrons. The van der Waals surface area contributed by atoms with E-state index in [1.807, 2.05) is 26.0 Å². The third kappa shape index (κ3) is 5.98. The highest BCUT2D eigenvalue weighted by Gasteiger charge is 2.48. The minimum absolute atomic E-state index is 0.171. The van der Waals surface area contributed by atoms with Crippen molar-refractivity contribution in [2.45, 2.75) is 57.4 Å². The fourth-order valence-electron chi connectivity index (χ4n) is 4.93. The topological polar surface area (TPSA) is 66.8 Å². The molecule has 0 bridgehead atoms. The fourth-order valence-corrected chi connectivity index (χ4v) is 5.28. The molecular weight excluding hydrogens is 516 g/mol. The van der Waals surface area contributed by atoms with E-state index in [0.29, 0.717) is 27.6 Å². The van der Waals surface area contributed by atoms with Crippen LogP contribution in [0.25, 0.3) is 0 Å². The van der Waals surface area contributed by atoms with Crippen molar-refractivity contribution < 1.29 is 23.8 Å². The molecule has 37 heavy (non-hydrogen) atoms. The van der Waals surface area contributed by atoms with Crippen LogP contribution in [0.2, 0.25) is 10.0 Å². The summed E-state index contributed by atoms with van der Waals surface area (Å²) in [6.07, 6.45) is -0.624. The van der Waals surface area contributed by atoms with Gasteiger partial charge in [-0.25, -0.2) is 9.18 Å². The van der Waals surface area contributed by atoms with Crippen molar-refractivity contribution in [2.24, 2.45) is 0 Å². The third-order valence-electron chi connectivity index (χ3n) is 6.69. The number of morpholine rings is 1. The van der Waals surface area contributed by atoms with Crippen LogP contribution in [0.1, 0.15) is 54.2 Å². The number of carboxylic acid groups (broad SMARTS) is 1. The maximum Gasteiger partial charge on any atom is 0.326 e. The predicted octanol–water partition coefficient (Wildman–Crippen LogP) is 6.95. The van der Waals surface area contributed by atoms with Crippen LogP contribution in [0.3, 0.4) is 0 Å². The zero-order valence-corrected chi connectivity index (χ0v) is 22.0. The van der Waals surface area contributed by atoms with E-state index in [2.05, 4.69) is 0 Å². The lowest BCUT2D eigenvalue weighted by molar-refractivity contribution is -0.184. The number of ether oxygens (including phenoxy) is 1. The molecule has 4 rings (SSSR count). The van der Waals surface area contributed by atoms with Crippen LogP contribution in [0, 0.1) is 12.7 Å². The molecular formula is C29H28Cl2FNO4. The zero-order valence-electron chi connectivity index (χ0n) is 20.5. The molecule has 1 saturated heterocycles. The van der Waals surface area contributed by atoms with Crippen molar-refractivity contribution in [3.05, 3.63) is 105 Å². The van der Waals surface area contributed by atoms with E-state index in [-0.39, 0.29) is 18.7 Å². The van der Waals surface area contributed by atoms with Gasteiger partial charge in [-0.1, -0.05) is 66.9 Å². The Balaban J connectivity index is 1.88. The molecule has 1 aliphatic heterocycles. The summed E-state index contributed by atoms with van der Waals surface area (Å²) in [5.41, 5.74) is 3.07. The van der Waals surface area contributed by atoms with Gasteiger partial charge in [0.1, 0.15) is 24.1 Å². The van der Waals surface area contributed by atoms with Crippen LogP contribution in [0.5, 0.6) is 0 Å². The van der Waals surface area contributed by atoms with Gasteiger partial charge >= 0.3 is 5.97 Å². The summed E-state index contributed by atoms with van der Waals surface area (Å²) in [6.45, 7) is 3.79. The molecule has 0 spiro atoms. The molecule has 1 aliphatic rings. The zero-order chi connectivity index (χ0) is 26.7. The van der Waals surface area contributed by atoms with Crippen molar-refractivity contribution in [1.29, 1.82) is 0 Å². The van der Waals surface area contributed by atoms with Gasteiger partial charge in [0, 0.05) is 16.5 Å². The SMILES string of the molecule is CCC[C@@H](C(=O)O)N1C(=O)[C@@H](Cc2ccc(F)cc2)O[C@H](c2ccc(Cl)cc2C)[C@@H]1c1ccc(Cl)cc1. The number of amides is 1. The fraction of sp³-hybridized carbons (Fsp3) is 0.310. The monoisotopic (exact) mass is 543 g/mol. The molecule has 1 heterocycles. The summed E-state index contributed by atoms with van der Waals surface area (Å²) in [4.78, 5) is 28.0. The molecule has 0 aliphatic carbocycles. The summed E-state index contributed by atoms with van der Waals surface area (Å²) in [6, 6.07) is 16.5. The smallest absolute Gasteiger partial charge is 0.326 e. The largest absolute Gasteiger partial charge is 0.480 e. The molecule has 1 N–H and O–H groups in total. The first-order valence-electron chi connectivity index (χ1n) is 12.2. The van der Waals surface area contributed by atoms with Gasteiger partial charge < -0.3 is 14.7 Å². The van der Waals surface area contributed by atoms with Gasteiger partial charge in [-0.2, -0.15) is 0 Å². The highest BCUT2D eigenvalue weighted by Crippen LogP contribution is 2.45. The van der Waals surface area contributed by atoms with Gasteiger partial charge in [0.2, 0.25) is 0 Å². The maximum absolute atomic E-state index is 14.0. The van der Waals surface area contributed by atoms with Crippen LogP contribution < -0.4 is 0 Å². The molecule has 0 saturated carbocycles. The van der Waals surface area contributed by atoms with Gasteiger partial charge in [-0.05, 0) is 72.0 Å². The molecule has 1 fully saturated rings. The highest BCUT2D eigenvalue weighted by molar-refractivity contribution is 6.30. The van der Waals surface area contributed by atoms with E-state index in [0.717, 1.165) is 11.1 Å². The summed E-state index contributed by atoms with van der Waals surface area (Å²) in [5.74, 6) is -1.89. The van der Waals surface area contributed by atoms with Crippen molar-refractivity contribution in [2.75, 3.05) is 0 Å². The van der Waals surface area contributed by atoms with Gasteiger partial charge in [0.15, 0.2) is 0 Å². The highest BCUT2D eigenvalue weighted by atomic mass is 35.5. The van der Waals surface area contributed by atoms with Crippen LogP contribution in [-0.4, -0.2) is 34.0 Å². The normalized spacial score (nSPS) is 20.6. The molecule has 4 atom stereocenters. The average molecular weight is 544 g/mol. The number of carbonyl (C=O) groups excluding carboxylic acids is 1. The average Bonchev–Trinajstić information content (AvgIpc) is 2.86. The molecule has 3 aromatic carbocycles. The maximum atomic E-state index is 14.0. The van der Waals surface area contributed by atoms with E-state index in [1.165, 1.54) is 17.0 Å². The quantitative estimate of drug-likeness (QED) is 0.334. The van der Waals surface area contributed by atoms with Crippen molar-refractivity contribution in [1.82, 2.24) is 4.90 Å². The minimum atomic E-state index is -1.08. The Morgan fingerprint density at radius 3 is 2.30 bits per heavy atom. The Morgan fingerprint density at radius 1 is 1.05 bits per heavy atom. The summed E-state index contributed by atoms with van der Waals surface area (Å²) >= 11 is 12.4. The lowest BCUT2D eigenvalue weighted by atomic mass is 9.87. The minimum Gasteiger partial charge on any atom is -0.480 e. The molecule has 0 unspecified atom stereocenters. The predicted molar refractivity (Wildman–Crippen MR) is 141 cm³/mol. The van der Waals surface area contributed by atoms with Crippen LogP contribution in [-0.2, 0) is 20.7 Å². The number of benzene rings is 3. The van der Waals surface area contributed by atoms with E-state index < -0.39 is 36.2 Å². The number of hydrogen-bond acceptors (Lipinski definition) is 3. The van der Waals surface area contributed by atoms with Gasteiger partial charge in [0.05, 0.1) is 6.04 Å². The Hall–Kier alpha value is -2.93. The van der Waals surface area contributed by atoms with Crippen molar-refractivity contribution in [3.8, 4) is 0 Å². The van der Waals surface area contributed by atoms with Gasteiger partial charge in [-0.15, -0.1) is 0 Å². The first kappa shape index (κ1) is 27.1. The molecule has 1 amide bonds. The first-order chi connectivity index (χ1) is 17.7.